The molecule has 0 radical (unpaired) electrons. The van der Waals surface area contributed by atoms with Gasteiger partial charge in [-0.2, -0.15) is 0 Å². The van der Waals surface area contributed by atoms with Gasteiger partial charge in [-0.3, -0.25) is 19.0 Å². The summed E-state index contributed by atoms with van der Waals surface area (Å²) < 4.78 is 15.9. The van der Waals surface area contributed by atoms with Crippen molar-refractivity contribution in [2.45, 2.75) is 328 Å². The SMILES string of the molecule is CC1(C)CC[C@]2(C(=O)OCCCCCCCCn3ccc(=O)n(CCCCCCCCOC(=O)[C@]45CCC(C)(C)C[C@H]4C4=CCC6[C@@]7(C)CC[C@H](O)C(C)(C)C7CC[C@@]6(C)[C@]4(C)CC5)c3=O)CC[C@]3(C)C(=CCC4[C@@]5(C)CC[C@H](O)C(C)(C)C5CC[C@]43C)[C@@H]2C1. The molecule has 16 atom stereocenters. The highest BCUT2D eigenvalue weighted by Crippen LogP contribution is 2.78. The van der Waals surface area contributed by atoms with Gasteiger partial charge in [0.2, 0.25) is 0 Å². The van der Waals surface area contributed by atoms with Crippen LogP contribution in [0.3, 0.4) is 0 Å². The third-order valence-corrected chi connectivity index (χ3v) is 31.2. The highest BCUT2D eigenvalue weighted by molar-refractivity contribution is 5.79. The second-order valence-electron chi connectivity index (χ2n) is 37.3. The first-order valence-electron chi connectivity index (χ1n) is 37.7. The number of aliphatic hydroxyl groups excluding tert-OH is 2. The molecule has 1 aromatic heterocycles. The van der Waals surface area contributed by atoms with Crippen molar-refractivity contribution in [3.8, 4) is 0 Å². The number of unbranched alkanes of at least 4 members (excludes halogenated alkanes) is 10. The number of carbonyl (C=O) groups is 2. The average molecular weight is 1250 g/mol. The van der Waals surface area contributed by atoms with Gasteiger partial charge in [-0.15, -0.1) is 0 Å². The van der Waals surface area contributed by atoms with E-state index in [4.69, 9.17) is 9.47 Å². The topological polar surface area (TPSA) is 137 Å². The van der Waals surface area contributed by atoms with Crippen LogP contribution in [0.4, 0.5) is 0 Å². The number of aryl methyl sites for hydroxylation is 1. The molecule has 0 amide bonds. The van der Waals surface area contributed by atoms with Crippen molar-refractivity contribution in [3.63, 3.8) is 0 Å². The van der Waals surface area contributed by atoms with Gasteiger partial charge in [-0.1, -0.05) is 172 Å². The lowest BCUT2D eigenvalue weighted by atomic mass is 9.33. The molecule has 10 aliphatic carbocycles. The van der Waals surface area contributed by atoms with Gasteiger partial charge in [0, 0.05) is 25.4 Å². The molecule has 0 aliphatic heterocycles. The maximum atomic E-state index is 14.6. The Balaban J connectivity index is 0.587. The minimum absolute atomic E-state index is 0.0507. The fourth-order valence-electron chi connectivity index (χ4n) is 24.9. The Labute approximate surface area is 545 Å². The largest absolute Gasteiger partial charge is 0.465 e. The van der Waals surface area contributed by atoms with Gasteiger partial charge in [0.25, 0.3) is 5.56 Å². The van der Waals surface area contributed by atoms with Gasteiger partial charge in [-0.25, -0.2) is 4.79 Å². The van der Waals surface area contributed by atoms with Crippen molar-refractivity contribution < 1.29 is 29.3 Å². The van der Waals surface area contributed by atoms with Gasteiger partial charge in [0.15, 0.2) is 0 Å². The molecule has 10 nitrogen and oxygen atoms in total. The molecule has 90 heavy (non-hydrogen) atoms. The Bertz CT molecular complexity index is 3000. The number of esters is 2. The van der Waals surface area contributed by atoms with Gasteiger partial charge in [0.1, 0.15) is 0 Å². The summed E-state index contributed by atoms with van der Waals surface area (Å²) in [5.74, 6) is 2.77. The highest BCUT2D eigenvalue weighted by Gasteiger charge is 2.72. The normalized spacial score (nSPS) is 41.7. The lowest BCUT2D eigenvalue weighted by Gasteiger charge is -2.71. The van der Waals surface area contributed by atoms with Crippen LogP contribution >= 0.6 is 0 Å². The van der Waals surface area contributed by atoms with Crippen LogP contribution in [0, 0.1) is 100 Å². The minimum atomic E-state index is -0.439. The quantitative estimate of drug-likeness (QED) is 0.0748. The first-order chi connectivity index (χ1) is 42.2. The Morgan fingerprint density at radius 1 is 0.467 bits per heavy atom. The molecule has 10 aliphatic rings. The third-order valence-electron chi connectivity index (χ3n) is 31.2. The first kappa shape index (κ1) is 68.4. The zero-order valence-corrected chi connectivity index (χ0v) is 59.6. The maximum Gasteiger partial charge on any atom is 0.330 e. The highest BCUT2D eigenvalue weighted by atomic mass is 16.5. The van der Waals surface area contributed by atoms with Crippen LogP contribution in [0.25, 0.3) is 0 Å². The molecule has 1 aromatic rings. The average Bonchev–Trinajstić information content (AvgIpc) is 0.687. The molecule has 506 valence electrons. The van der Waals surface area contributed by atoms with Crippen LogP contribution in [-0.4, -0.2) is 56.7 Å². The van der Waals surface area contributed by atoms with Crippen LogP contribution in [0.15, 0.2) is 45.2 Å². The molecular weight excluding hydrogens is 1120 g/mol. The number of aromatic nitrogens is 2. The summed E-state index contributed by atoms with van der Waals surface area (Å²) in [5, 5.41) is 22.4. The lowest BCUT2D eigenvalue weighted by Crippen LogP contribution is -2.65. The van der Waals surface area contributed by atoms with E-state index in [1.165, 1.54) is 30.3 Å². The van der Waals surface area contributed by atoms with E-state index in [0.29, 0.717) is 50.0 Å². The molecule has 10 heteroatoms. The molecule has 1 heterocycles. The summed E-state index contributed by atoms with van der Waals surface area (Å²) >= 11 is 0. The molecule has 8 saturated carbocycles. The molecule has 0 saturated heterocycles. The van der Waals surface area contributed by atoms with Gasteiger partial charge < -0.3 is 24.3 Å². The molecule has 4 unspecified atom stereocenters. The van der Waals surface area contributed by atoms with Crippen molar-refractivity contribution >= 4 is 11.9 Å². The second-order valence-corrected chi connectivity index (χ2v) is 37.3. The number of rotatable bonds is 20. The molecule has 0 spiro atoms. The molecule has 0 aromatic carbocycles. The van der Waals surface area contributed by atoms with Crippen molar-refractivity contribution in [1.29, 1.82) is 0 Å². The Hall–Kier alpha value is -2.98. The summed E-state index contributed by atoms with van der Waals surface area (Å²) in [7, 11) is 0. The smallest absolute Gasteiger partial charge is 0.330 e. The maximum absolute atomic E-state index is 14.6. The van der Waals surface area contributed by atoms with Gasteiger partial charge in [0.05, 0.1) is 36.3 Å². The van der Waals surface area contributed by atoms with Crippen molar-refractivity contribution in [2.75, 3.05) is 13.2 Å². The summed E-state index contributed by atoms with van der Waals surface area (Å²) in [5.41, 5.74) is 2.92. The third kappa shape index (κ3) is 11.1. The van der Waals surface area contributed by atoms with E-state index < -0.39 is 10.8 Å². The molecule has 2 N–H and O–H groups in total. The van der Waals surface area contributed by atoms with E-state index in [0.717, 1.165) is 180 Å². The van der Waals surface area contributed by atoms with Crippen LogP contribution in [-0.2, 0) is 32.2 Å². The molecular formula is C80H128N2O8. The Kier molecular flexibility index (Phi) is 18.7. The van der Waals surface area contributed by atoms with Crippen molar-refractivity contribution in [3.05, 3.63) is 56.4 Å². The van der Waals surface area contributed by atoms with Crippen molar-refractivity contribution in [2.24, 2.45) is 100 Å². The number of carbonyl (C=O) groups excluding carboxylic acids is 2. The molecule has 11 rings (SSSR count). The molecule has 8 fully saturated rings. The van der Waals surface area contributed by atoms with E-state index in [1.807, 2.05) is 0 Å². The van der Waals surface area contributed by atoms with Crippen LogP contribution < -0.4 is 11.2 Å². The number of hydrogen-bond acceptors (Lipinski definition) is 8. The number of fused-ring (bicyclic) bond motifs is 14. The Morgan fingerprint density at radius 3 is 1.29 bits per heavy atom. The minimum Gasteiger partial charge on any atom is -0.465 e. The zero-order valence-electron chi connectivity index (χ0n) is 59.6. The number of nitrogens with zero attached hydrogens (tertiary/aromatic N) is 2. The summed E-state index contributed by atoms with van der Waals surface area (Å²) in [6.45, 7) is 36.5. The van der Waals surface area contributed by atoms with E-state index in [2.05, 4.69) is 109 Å². The van der Waals surface area contributed by atoms with Crippen LogP contribution in [0.1, 0.15) is 302 Å². The predicted octanol–water partition coefficient (Wildman–Crippen LogP) is 18.1. The molecule has 0 bridgehead atoms. The van der Waals surface area contributed by atoms with Gasteiger partial charge >= 0.3 is 17.6 Å². The number of aliphatic hydroxyl groups is 2. The lowest BCUT2D eigenvalue weighted by molar-refractivity contribution is -0.206. The predicted molar refractivity (Wildman–Crippen MR) is 362 cm³/mol. The standard InChI is InChI=1S/C80H128N2O8/c1-69(2)40-44-79(46-42-75(11)55(57(79)53-69)27-29-61-73(9)36-33-63(83)71(5,6)59(73)31-38-77(61,75)13)66(86)89-51-25-21-17-15-19-23-48-81-50-35-65(85)82(68(81)88)49-24-20-16-18-22-26-52-90-67(87)80-45-41-70(3,4)54-58(80)56-28-30-62-74(10)37-34-64(84)72(7,8)60(74)32-39-78(62,14)76(56,12)43-47-80/h27-28,35,50,57-64,83-84H,15-26,29-34,36-49,51-54H2,1-14H3/t57-,58-,59?,60?,61?,62?,63-,64-,73-,74-,75+,76+,77+,78+,79-,80-/m0/s1. The van der Waals surface area contributed by atoms with E-state index in [1.54, 1.807) is 28.0 Å². The van der Waals surface area contributed by atoms with Crippen LogP contribution in [0.2, 0.25) is 0 Å². The number of allylic oxidation sites excluding steroid dienone is 4. The van der Waals surface area contributed by atoms with Gasteiger partial charge in [-0.05, 0) is 244 Å². The zero-order chi connectivity index (χ0) is 64.9. The number of ether oxygens (including phenoxy) is 2. The monoisotopic (exact) mass is 1240 g/mol. The van der Waals surface area contributed by atoms with E-state index >= 15 is 0 Å². The summed E-state index contributed by atoms with van der Waals surface area (Å²) in [6, 6.07) is 1.54. The van der Waals surface area contributed by atoms with E-state index in [9.17, 15) is 29.4 Å². The summed E-state index contributed by atoms with van der Waals surface area (Å²) in [6.07, 6.45) is 38.9. The van der Waals surface area contributed by atoms with E-state index in [-0.39, 0.29) is 101 Å². The number of hydrogen-bond donors (Lipinski definition) is 2. The summed E-state index contributed by atoms with van der Waals surface area (Å²) in [4.78, 5) is 55.7. The fraction of sp³-hybridized carbons (Fsp3) is 0.875. The van der Waals surface area contributed by atoms with Crippen LogP contribution in [0.5, 0.6) is 0 Å². The fourth-order valence-corrected chi connectivity index (χ4v) is 24.9. The second kappa shape index (κ2) is 24.6. The first-order valence-corrected chi connectivity index (χ1v) is 37.7. The van der Waals surface area contributed by atoms with Crippen molar-refractivity contribution in [1.82, 2.24) is 9.13 Å². The Morgan fingerprint density at radius 2 is 0.856 bits per heavy atom.